The van der Waals surface area contributed by atoms with Gasteiger partial charge >= 0.3 is 0 Å². The van der Waals surface area contributed by atoms with Gasteiger partial charge in [0.2, 0.25) is 0 Å². The van der Waals surface area contributed by atoms with Crippen molar-refractivity contribution in [1.29, 1.82) is 0 Å². The van der Waals surface area contributed by atoms with Gasteiger partial charge in [-0.1, -0.05) is 30.1 Å². The highest BCUT2D eigenvalue weighted by molar-refractivity contribution is 6.34. The standard InChI is InChI=1S/C15H19Cl2N3/c1-3-18-15(5-11-9-19-20(4-2)10-11)12-6-13(16)8-14(17)7-12/h6-10,15,18H,3-5H2,1-2H3. The van der Waals surface area contributed by atoms with Crippen LogP contribution in [0.5, 0.6) is 0 Å². The number of hydrogen-bond donors (Lipinski definition) is 1. The van der Waals surface area contributed by atoms with Gasteiger partial charge in [0, 0.05) is 28.8 Å². The molecular weight excluding hydrogens is 293 g/mol. The largest absolute Gasteiger partial charge is 0.310 e. The predicted molar refractivity (Wildman–Crippen MR) is 84.5 cm³/mol. The predicted octanol–water partition coefficient (Wildman–Crippen LogP) is 4.10. The Morgan fingerprint density at radius 1 is 1.20 bits per heavy atom. The molecule has 0 amide bonds. The smallest absolute Gasteiger partial charge is 0.0522 e. The molecule has 0 saturated carbocycles. The fraction of sp³-hybridized carbons (Fsp3) is 0.400. The van der Waals surface area contributed by atoms with Crippen LogP contribution >= 0.6 is 23.2 Å². The van der Waals surface area contributed by atoms with E-state index in [1.807, 2.05) is 23.0 Å². The molecule has 5 heteroatoms. The zero-order chi connectivity index (χ0) is 14.5. The second kappa shape index (κ2) is 7.11. The quantitative estimate of drug-likeness (QED) is 0.870. The van der Waals surface area contributed by atoms with Gasteiger partial charge in [0.1, 0.15) is 0 Å². The van der Waals surface area contributed by atoms with Crippen molar-refractivity contribution in [1.82, 2.24) is 15.1 Å². The third kappa shape index (κ3) is 3.98. The number of rotatable bonds is 6. The first-order chi connectivity index (χ1) is 9.62. The Morgan fingerprint density at radius 2 is 1.90 bits per heavy atom. The molecule has 1 unspecified atom stereocenters. The SMILES string of the molecule is CCNC(Cc1cnn(CC)c1)c1cc(Cl)cc(Cl)c1. The molecule has 20 heavy (non-hydrogen) atoms. The molecule has 0 fully saturated rings. The lowest BCUT2D eigenvalue weighted by atomic mass is 10.0. The summed E-state index contributed by atoms with van der Waals surface area (Å²) in [7, 11) is 0. The first kappa shape index (κ1) is 15.4. The van der Waals surface area contributed by atoms with Crippen LogP contribution < -0.4 is 5.32 Å². The van der Waals surface area contributed by atoms with Crippen LogP contribution in [-0.2, 0) is 13.0 Å². The summed E-state index contributed by atoms with van der Waals surface area (Å²) in [6.07, 6.45) is 4.86. The number of likely N-dealkylation sites (N-methyl/N-ethyl adjacent to an activating group) is 1. The normalized spacial score (nSPS) is 12.6. The van der Waals surface area contributed by atoms with Gasteiger partial charge in [-0.3, -0.25) is 4.68 Å². The van der Waals surface area contributed by atoms with E-state index < -0.39 is 0 Å². The number of aromatic nitrogens is 2. The second-order valence-electron chi connectivity index (χ2n) is 4.72. The van der Waals surface area contributed by atoms with E-state index in [0.717, 1.165) is 25.1 Å². The summed E-state index contributed by atoms with van der Waals surface area (Å²) in [6, 6.07) is 5.87. The van der Waals surface area contributed by atoms with E-state index in [0.29, 0.717) is 10.0 Å². The molecule has 0 aliphatic rings. The molecule has 2 rings (SSSR count). The van der Waals surface area contributed by atoms with Gasteiger partial charge in [-0.15, -0.1) is 0 Å². The first-order valence-electron chi connectivity index (χ1n) is 6.83. The van der Waals surface area contributed by atoms with Crippen LogP contribution in [0.15, 0.2) is 30.6 Å². The third-order valence-corrected chi connectivity index (χ3v) is 3.62. The fourth-order valence-corrected chi connectivity index (χ4v) is 2.79. The first-order valence-corrected chi connectivity index (χ1v) is 7.58. The van der Waals surface area contributed by atoms with Crippen LogP contribution in [0.25, 0.3) is 0 Å². The van der Waals surface area contributed by atoms with Crippen molar-refractivity contribution < 1.29 is 0 Å². The van der Waals surface area contributed by atoms with Crippen LogP contribution in [0.2, 0.25) is 10.0 Å². The van der Waals surface area contributed by atoms with E-state index in [1.54, 1.807) is 6.07 Å². The van der Waals surface area contributed by atoms with E-state index in [4.69, 9.17) is 23.2 Å². The van der Waals surface area contributed by atoms with E-state index in [1.165, 1.54) is 5.56 Å². The molecule has 0 spiro atoms. The highest BCUT2D eigenvalue weighted by Gasteiger charge is 2.13. The van der Waals surface area contributed by atoms with Crippen LogP contribution in [-0.4, -0.2) is 16.3 Å². The van der Waals surface area contributed by atoms with Crippen molar-refractivity contribution >= 4 is 23.2 Å². The van der Waals surface area contributed by atoms with Crippen LogP contribution in [0.1, 0.15) is 31.0 Å². The van der Waals surface area contributed by atoms with E-state index >= 15 is 0 Å². The van der Waals surface area contributed by atoms with Crippen molar-refractivity contribution in [3.63, 3.8) is 0 Å². The molecule has 2 aromatic rings. The van der Waals surface area contributed by atoms with Gasteiger partial charge in [0.05, 0.1) is 6.20 Å². The Hall–Kier alpha value is -1.03. The number of benzene rings is 1. The Balaban J connectivity index is 2.21. The summed E-state index contributed by atoms with van der Waals surface area (Å²) in [6.45, 7) is 5.94. The van der Waals surface area contributed by atoms with Crippen molar-refractivity contribution in [2.75, 3.05) is 6.54 Å². The van der Waals surface area contributed by atoms with Gasteiger partial charge in [0.15, 0.2) is 0 Å². The number of nitrogens with zero attached hydrogens (tertiary/aromatic N) is 2. The molecule has 0 aliphatic carbocycles. The Bertz CT molecular complexity index is 546. The summed E-state index contributed by atoms with van der Waals surface area (Å²) in [5.41, 5.74) is 2.31. The van der Waals surface area contributed by atoms with Crippen molar-refractivity contribution in [3.8, 4) is 0 Å². The summed E-state index contributed by atoms with van der Waals surface area (Å²) < 4.78 is 1.93. The fourth-order valence-electron chi connectivity index (χ4n) is 2.25. The molecule has 0 bridgehead atoms. The highest BCUT2D eigenvalue weighted by Crippen LogP contribution is 2.25. The Kier molecular flexibility index (Phi) is 5.46. The minimum absolute atomic E-state index is 0.186. The maximum atomic E-state index is 6.10. The van der Waals surface area contributed by atoms with Gasteiger partial charge in [-0.25, -0.2) is 0 Å². The second-order valence-corrected chi connectivity index (χ2v) is 5.59. The monoisotopic (exact) mass is 311 g/mol. The number of nitrogens with one attached hydrogen (secondary N) is 1. The zero-order valence-electron chi connectivity index (χ0n) is 11.7. The van der Waals surface area contributed by atoms with Crippen molar-refractivity contribution in [3.05, 3.63) is 51.8 Å². The molecule has 0 saturated heterocycles. The average molecular weight is 312 g/mol. The maximum absolute atomic E-state index is 6.10. The molecule has 0 aliphatic heterocycles. The summed E-state index contributed by atoms with van der Waals surface area (Å²) >= 11 is 12.2. The number of hydrogen-bond acceptors (Lipinski definition) is 2. The van der Waals surface area contributed by atoms with Gasteiger partial charge in [0.25, 0.3) is 0 Å². The van der Waals surface area contributed by atoms with E-state index in [-0.39, 0.29) is 6.04 Å². The summed E-state index contributed by atoms with van der Waals surface area (Å²) in [4.78, 5) is 0. The Labute approximate surface area is 129 Å². The lowest BCUT2D eigenvalue weighted by molar-refractivity contribution is 0.549. The molecule has 0 radical (unpaired) electrons. The van der Waals surface area contributed by atoms with Crippen molar-refractivity contribution in [2.24, 2.45) is 0 Å². The molecule has 1 N–H and O–H groups in total. The van der Waals surface area contributed by atoms with Crippen LogP contribution in [0.3, 0.4) is 0 Å². The molecule has 1 aromatic carbocycles. The van der Waals surface area contributed by atoms with Crippen LogP contribution in [0.4, 0.5) is 0 Å². The highest BCUT2D eigenvalue weighted by atomic mass is 35.5. The lowest BCUT2D eigenvalue weighted by Gasteiger charge is -2.18. The van der Waals surface area contributed by atoms with Gasteiger partial charge in [-0.2, -0.15) is 5.10 Å². The minimum atomic E-state index is 0.186. The minimum Gasteiger partial charge on any atom is -0.310 e. The van der Waals surface area contributed by atoms with Gasteiger partial charge < -0.3 is 5.32 Å². The molecular formula is C15H19Cl2N3. The maximum Gasteiger partial charge on any atom is 0.0522 e. The Morgan fingerprint density at radius 3 is 2.45 bits per heavy atom. The molecule has 1 atom stereocenters. The van der Waals surface area contributed by atoms with E-state index in [9.17, 15) is 0 Å². The molecule has 3 nitrogen and oxygen atoms in total. The zero-order valence-corrected chi connectivity index (χ0v) is 13.2. The van der Waals surface area contributed by atoms with E-state index in [2.05, 4.69) is 30.5 Å². The summed E-state index contributed by atoms with van der Waals surface area (Å²) in [5.74, 6) is 0. The number of aryl methyl sites for hydroxylation is 1. The molecule has 1 heterocycles. The average Bonchev–Trinajstić information content (AvgIpc) is 2.85. The molecule has 108 valence electrons. The number of halogens is 2. The van der Waals surface area contributed by atoms with Crippen molar-refractivity contribution in [2.45, 2.75) is 32.9 Å². The third-order valence-electron chi connectivity index (χ3n) is 3.19. The summed E-state index contributed by atoms with van der Waals surface area (Å²) in [5, 5.41) is 9.12. The topological polar surface area (TPSA) is 29.9 Å². The van der Waals surface area contributed by atoms with Crippen LogP contribution in [0, 0.1) is 0 Å². The molecule has 1 aromatic heterocycles. The lowest BCUT2D eigenvalue weighted by Crippen LogP contribution is -2.22. The van der Waals surface area contributed by atoms with Gasteiger partial charge in [-0.05, 0) is 49.2 Å².